The van der Waals surface area contributed by atoms with Crippen molar-refractivity contribution in [1.82, 2.24) is 0 Å². The second-order valence-electron chi connectivity index (χ2n) is 7.25. The molecule has 0 radical (unpaired) electrons. The van der Waals surface area contributed by atoms with Crippen molar-refractivity contribution >= 4 is 11.6 Å². The molecule has 3 aromatic carbocycles. The van der Waals surface area contributed by atoms with Crippen LogP contribution >= 0.6 is 0 Å². The third kappa shape index (κ3) is 5.74. The smallest absolute Gasteiger partial charge is 0.225 e. The topological polar surface area (TPSA) is 40.0 Å². The molecule has 0 saturated carbocycles. The molecule has 0 saturated heterocycles. The standard InChI is InChI=1S/C26H27NO3/c1-18-10-12-22(13-11-18)27-26(30-23-15-19(2)14-20(3)16-23)21(4)17-29-25-9-7-6-8-24(25)28-5/h6-17H,1-5H3/b21-17+,27-26-. The number of nitrogens with zero attached hydrogens (tertiary/aromatic N) is 1. The summed E-state index contributed by atoms with van der Waals surface area (Å²) in [5, 5.41) is 0. The van der Waals surface area contributed by atoms with Crippen LogP contribution < -0.4 is 14.2 Å². The summed E-state index contributed by atoms with van der Waals surface area (Å²) in [6.45, 7) is 8.05. The van der Waals surface area contributed by atoms with Gasteiger partial charge in [0.25, 0.3) is 0 Å². The maximum absolute atomic E-state index is 6.19. The van der Waals surface area contributed by atoms with Gasteiger partial charge in [-0.1, -0.05) is 35.9 Å². The summed E-state index contributed by atoms with van der Waals surface area (Å²) in [4.78, 5) is 4.72. The molecule has 0 unspecified atom stereocenters. The summed E-state index contributed by atoms with van der Waals surface area (Å²) in [5.74, 6) is 2.50. The van der Waals surface area contributed by atoms with Gasteiger partial charge in [0, 0.05) is 5.57 Å². The minimum atomic E-state index is 0.471. The Morgan fingerprint density at radius 1 is 0.800 bits per heavy atom. The number of aryl methyl sites for hydroxylation is 3. The van der Waals surface area contributed by atoms with Gasteiger partial charge in [0.15, 0.2) is 11.5 Å². The van der Waals surface area contributed by atoms with E-state index >= 15 is 0 Å². The summed E-state index contributed by atoms with van der Waals surface area (Å²) >= 11 is 0. The lowest BCUT2D eigenvalue weighted by Gasteiger charge is -2.12. The largest absolute Gasteiger partial charge is 0.493 e. The zero-order valence-electron chi connectivity index (χ0n) is 18.1. The molecule has 3 aromatic rings. The van der Waals surface area contributed by atoms with Gasteiger partial charge in [0.2, 0.25) is 5.90 Å². The average Bonchev–Trinajstić information content (AvgIpc) is 2.72. The van der Waals surface area contributed by atoms with Gasteiger partial charge in [0.05, 0.1) is 19.1 Å². The van der Waals surface area contributed by atoms with E-state index in [0.29, 0.717) is 17.4 Å². The van der Waals surface area contributed by atoms with Crippen LogP contribution in [0.2, 0.25) is 0 Å². The Kier molecular flexibility index (Phi) is 6.91. The zero-order valence-corrected chi connectivity index (χ0v) is 18.1. The minimum absolute atomic E-state index is 0.471. The number of benzene rings is 3. The third-order valence-corrected chi connectivity index (χ3v) is 4.44. The predicted molar refractivity (Wildman–Crippen MR) is 122 cm³/mol. The van der Waals surface area contributed by atoms with Crippen LogP contribution in [-0.2, 0) is 0 Å². The molecule has 0 aliphatic carbocycles. The van der Waals surface area contributed by atoms with Crippen molar-refractivity contribution in [3.8, 4) is 17.2 Å². The first kappa shape index (κ1) is 21.2. The fourth-order valence-corrected chi connectivity index (χ4v) is 2.95. The fourth-order valence-electron chi connectivity index (χ4n) is 2.95. The molecule has 154 valence electrons. The van der Waals surface area contributed by atoms with E-state index in [1.54, 1.807) is 13.4 Å². The minimum Gasteiger partial charge on any atom is -0.493 e. The Balaban J connectivity index is 1.94. The lowest BCUT2D eigenvalue weighted by atomic mass is 10.1. The average molecular weight is 402 g/mol. The first-order valence-electron chi connectivity index (χ1n) is 9.83. The fraction of sp³-hybridized carbons (Fsp3) is 0.192. The first-order chi connectivity index (χ1) is 14.4. The van der Waals surface area contributed by atoms with Crippen LogP contribution in [0.1, 0.15) is 23.6 Å². The van der Waals surface area contributed by atoms with Gasteiger partial charge >= 0.3 is 0 Å². The van der Waals surface area contributed by atoms with Gasteiger partial charge < -0.3 is 14.2 Å². The van der Waals surface area contributed by atoms with E-state index in [0.717, 1.165) is 28.1 Å². The highest BCUT2D eigenvalue weighted by atomic mass is 16.5. The maximum atomic E-state index is 6.19. The quantitative estimate of drug-likeness (QED) is 0.262. The van der Waals surface area contributed by atoms with Crippen LogP contribution in [0.15, 0.2) is 83.6 Å². The Bertz CT molecular complexity index is 1050. The molecule has 0 amide bonds. The molecule has 0 atom stereocenters. The molecule has 4 heteroatoms. The third-order valence-electron chi connectivity index (χ3n) is 4.44. The molecule has 4 nitrogen and oxygen atoms in total. The van der Waals surface area contributed by atoms with Crippen molar-refractivity contribution in [2.45, 2.75) is 27.7 Å². The van der Waals surface area contributed by atoms with E-state index in [1.165, 1.54) is 5.56 Å². The molecule has 0 aliphatic rings. The number of methoxy groups -OCH3 is 1. The van der Waals surface area contributed by atoms with E-state index in [-0.39, 0.29) is 0 Å². The van der Waals surface area contributed by atoms with Crippen LogP contribution in [0.25, 0.3) is 0 Å². The molecule has 0 N–H and O–H groups in total. The monoisotopic (exact) mass is 401 g/mol. The van der Waals surface area contributed by atoms with E-state index in [9.17, 15) is 0 Å². The van der Waals surface area contributed by atoms with Crippen molar-refractivity contribution in [2.75, 3.05) is 7.11 Å². The van der Waals surface area contributed by atoms with Gasteiger partial charge in [-0.15, -0.1) is 0 Å². The molecule has 30 heavy (non-hydrogen) atoms. The van der Waals surface area contributed by atoms with Crippen LogP contribution in [-0.4, -0.2) is 13.0 Å². The Morgan fingerprint density at radius 2 is 1.43 bits per heavy atom. The molecule has 0 aromatic heterocycles. The zero-order chi connectivity index (χ0) is 21.5. The summed E-state index contributed by atoms with van der Waals surface area (Å²) in [7, 11) is 1.62. The van der Waals surface area contributed by atoms with Crippen molar-refractivity contribution in [2.24, 2.45) is 4.99 Å². The normalized spacial score (nSPS) is 11.9. The number of ether oxygens (including phenoxy) is 3. The molecule has 0 aliphatic heterocycles. The van der Waals surface area contributed by atoms with Gasteiger partial charge in [-0.2, -0.15) is 0 Å². The molecule has 3 rings (SSSR count). The van der Waals surface area contributed by atoms with E-state index < -0.39 is 0 Å². The number of rotatable bonds is 6. The molecule has 0 fully saturated rings. The van der Waals surface area contributed by atoms with Crippen molar-refractivity contribution in [3.63, 3.8) is 0 Å². The van der Waals surface area contributed by atoms with Gasteiger partial charge in [-0.05, 0) is 75.2 Å². The molecule has 0 heterocycles. The Morgan fingerprint density at radius 3 is 2.07 bits per heavy atom. The van der Waals surface area contributed by atoms with E-state index in [2.05, 4.69) is 6.07 Å². The molecule has 0 spiro atoms. The van der Waals surface area contributed by atoms with E-state index in [1.807, 2.05) is 88.4 Å². The van der Waals surface area contributed by atoms with Crippen LogP contribution in [0.5, 0.6) is 17.2 Å². The van der Waals surface area contributed by atoms with Crippen LogP contribution in [0.4, 0.5) is 5.69 Å². The summed E-state index contributed by atoms with van der Waals surface area (Å²) in [5.41, 5.74) is 5.00. The Hall–Kier alpha value is -3.53. The number of aliphatic imine (C=N–C) groups is 1. The highest BCUT2D eigenvalue weighted by Gasteiger charge is 2.10. The summed E-state index contributed by atoms with van der Waals surface area (Å²) in [6, 6.07) is 21.6. The van der Waals surface area contributed by atoms with Crippen molar-refractivity contribution < 1.29 is 14.2 Å². The van der Waals surface area contributed by atoms with Crippen LogP contribution in [0, 0.1) is 20.8 Å². The van der Waals surface area contributed by atoms with Gasteiger partial charge in [0.1, 0.15) is 5.75 Å². The van der Waals surface area contributed by atoms with Gasteiger partial charge in [-0.3, -0.25) is 0 Å². The van der Waals surface area contributed by atoms with Crippen molar-refractivity contribution in [3.05, 3.63) is 95.3 Å². The SMILES string of the molecule is COc1ccccc1O/C=C(C)/C(=N/c1ccc(C)cc1)Oc1cc(C)cc(C)c1. The first-order valence-corrected chi connectivity index (χ1v) is 9.83. The molecular weight excluding hydrogens is 374 g/mol. The molecule has 0 bridgehead atoms. The highest BCUT2D eigenvalue weighted by Crippen LogP contribution is 2.27. The number of hydrogen-bond acceptors (Lipinski definition) is 4. The van der Waals surface area contributed by atoms with E-state index in [4.69, 9.17) is 19.2 Å². The lowest BCUT2D eigenvalue weighted by Crippen LogP contribution is -2.11. The summed E-state index contributed by atoms with van der Waals surface area (Å²) < 4.78 is 17.4. The summed E-state index contributed by atoms with van der Waals surface area (Å²) in [6.07, 6.45) is 1.63. The second-order valence-corrected chi connectivity index (χ2v) is 7.25. The van der Waals surface area contributed by atoms with Gasteiger partial charge in [-0.25, -0.2) is 4.99 Å². The Labute approximate surface area is 178 Å². The van der Waals surface area contributed by atoms with Crippen molar-refractivity contribution in [1.29, 1.82) is 0 Å². The second kappa shape index (κ2) is 9.79. The van der Waals surface area contributed by atoms with Crippen LogP contribution in [0.3, 0.4) is 0 Å². The molecular formula is C26H27NO3. The lowest BCUT2D eigenvalue weighted by molar-refractivity contribution is 0.377. The maximum Gasteiger partial charge on any atom is 0.225 e. The number of hydrogen-bond donors (Lipinski definition) is 0. The predicted octanol–water partition coefficient (Wildman–Crippen LogP) is 6.71. The highest BCUT2D eigenvalue weighted by molar-refractivity contribution is 5.96. The number of para-hydroxylation sites is 2.